The van der Waals surface area contributed by atoms with Crippen molar-refractivity contribution in [3.8, 4) is 0 Å². The van der Waals surface area contributed by atoms with Gasteiger partial charge in [-0.05, 0) is 19.9 Å². The van der Waals surface area contributed by atoms with Crippen LogP contribution in [0.25, 0.3) is 0 Å². The van der Waals surface area contributed by atoms with Crippen LogP contribution in [0.5, 0.6) is 0 Å². The Balaban J connectivity index is 2.40. The maximum Gasteiger partial charge on any atom is 0.0330 e. The summed E-state index contributed by atoms with van der Waals surface area (Å²) >= 11 is 2.50. The minimum Gasteiger partial charge on any atom is -0.315 e. The number of rotatable bonds is 0. The summed E-state index contributed by atoms with van der Waals surface area (Å²) in [7, 11) is 0. The van der Waals surface area contributed by atoms with Crippen LogP contribution in [0.3, 0.4) is 0 Å². The Kier molecular flexibility index (Phi) is 1.58. The molecule has 42 valence electrons. The molecule has 0 amide bonds. The highest BCUT2D eigenvalue weighted by molar-refractivity contribution is 14.1. The van der Waals surface area contributed by atoms with E-state index in [4.69, 9.17) is 0 Å². The maximum atomic E-state index is 3.30. The fourth-order valence-electron chi connectivity index (χ4n) is 0.786. The van der Waals surface area contributed by atoms with Crippen molar-refractivity contribution in [3.05, 3.63) is 0 Å². The molecule has 0 aromatic carbocycles. The number of halogens is 1. The van der Waals surface area contributed by atoms with Gasteiger partial charge in [0.15, 0.2) is 0 Å². The van der Waals surface area contributed by atoms with Gasteiger partial charge in [0, 0.05) is 9.97 Å². The number of alkyl halides is 1. The van der Waals surface area contributed by atoms with Crippen LogP contribution < -0.4 is 5.32 Å². The van der Waals surface area contributed by atoms with Gasteiger partial charge in [-0.2, -0.15) is 0 Å². The molecule has 7 heavy (non-hydrogen) atoms. The summed E-state index contributed by atoms with van der Waals surface area (Å²) in [5.41, 5.74) is 0. The van der Waals surface area contributed by atoms with Crippen molar-refractivity contribution in [1.82, 2.24) is 5.32 Å². The van der Waals surface area contributed by atoms with Crippen LogP contribution in [-0.4, -0.2) is 16.5 Å². The first-order valence-corrected chi connectivity index (χ1v) is 3.68. The molecule has 0 aromatic heterocycles. The summed E-state index contributed by atoms with van der Waals surface area (Å²) in [6.45, 7) is 4.68. The third-order valence-electron chi connectivity index (χ3n) is 1.32. The van der Waals surface area contributed by atoms with Crippen LogP contribution in [0.2, 0.25) is 0 Å². The molecule has 0 bridgehead atoms. The lowest BCUT2D eigenvalue weighted by Gasteiger charge is -2.10. The lowest BCUT2D eigenvalue weighted by molar-refractivity contribution is 0.748. The second kappa shape index (κ2) is 1.90. The summed E-state index contributed by atoms with van der Waals surface area (Å²) < 4.78 is 0.553. The van der Waals surface area contributed by atoms with Gasteiger partial charge in [0.2, 0.25) is 0 Å². The third kappa shape index (κ3) is 1.57. The van der Waals surface area contributed by atoms with Gasteiger partial charge in [0.05, 0.1) is 0 Å². The molecule has 2 heteroatoms. The van der Waals surface area contributed by atoms with E-state index >= 15 is 0 Å². The lowest BCUT2D eigenvalue weighted by Crippen LogP contribution is -2.18. The summed E-state index contributed by atoms with van der Waals surface area (Å²) in [4.78, 5) is 0. The van der Waals surface area contributed by atoms with Gasteiger partial charge >= 0.3 is 0 Å². The van der Waals surface area contributed by atoms with Crippen LogP contribution >= 0.6 is 22.6 Å². The molecule has 0 aliphatic carbocycles. The predicted molar refractivity (Wildman–Crippen MR) is 39.9 cm³/mol. The molecule has 1 nitrogen and oxygen atoms in total. The summed E-state index contributed by atoms with van der Waals surface area (Å²) in [6.07, 6.45) is 1.33. The molecule has 0 unspecified atom stereocenters. The van der Waals surface area contributed by atoms with Crippen LogP contribution in [-0.2, 0) is 0 Å². The average Bonchev–Trinajstić information content (AvgIpc) is 1.84. The predicted octanol–water partition coefficient (Wildman–Crippen LogP) is 1.17. The number of nitrogens with one attached hydrogen (secondary N) is 1. The van der Waals surface area contributed by atoms with Crippen molar-refractivity contribution in [2.75, 3.05) is 13.1 Å². The molecular weight excluding hydrogens is 201 g/mol. The monoisotopic (exact) mass is 211 g/mol. The minimum absolute atomic E-state index is 0.553. The van der Waals surface area contributed by atoms with Crippen LogP contribution in [0.4, 0.5) is 0 Å². The van der Waals surface area contributed by atoms with Gasteiger partial charge < -0.3 is 5.32 Å². The molecule has 1 fully saturated rings. The van der Waals surface area contributed by atoms with Crippen molar-refractivity contribution in [2.45, 2.75) is 16.8 Å². The van der Waals surface area contributed by atoms with E-state index in [0.717, 1.165) is 0 Å². The molecule has 0 spiro atoms. The van der Waals surface area contributed by atoms with Crippen molar-refractivity contribution < 1.29 is 0 Å². The fourth-order valence-corrected chi connectivity index (χ4v) is 1.33. The van der Waals surface area contributed by atoms with E-state index in [9.17, 15) is 0 Å². The minimum atomic E-state index is 0.553. The van der Waals surface area contributed by atoms with E-state index in [2.05, 4.69) is 34.8 Å². The van der Waals surface area contributed by atoms with Crippen molar-refractivity contribution in [1.29, 1.82) is 0 Å². The Bertz CT molecular complexity index is 62.5. The van der Waals surface area contributed by atoms with Gasteiger partial charge in [-0.25, -0.2) is 0 Å². The largest absolute Gasteiger partial charge is 0.315 e. The Labute approximate surface area is 58.0 Å². The quantitative estimate of drug-likeness (QED) is 0.468. The van der Waals surface area contributed by atoms with E-state index < -0.39 is 0 Å². The molecule has 1 aliphatic heterocycles. The first-order chi connectivity index (χ1) is 3.21. The smallest absolute Gasteiger partial charge is 0.0330 e. The average molecular weight is 211 g/mol. The van der Waals surface area contributed by atoms with Crippen molar-refractivity contribution in [3.63, 3.8) is 0 Å². The zero-order valence-electron chi connectivity index (χ0n) is 4.50. The molecule has 0 radical (unpaired) electrons. The Morgan fingerprint density at radius 2 is 2.43 bits per heavy atom. The zero-order valence-corrected chi connectivity index (χ0v) is 6.66. The molecular formula is C5H10IN. The van der Waals surface area contributed by atoms with E-state index in [-0.39, 0.29) is 0 Å². The molecule has 0 aromatic rings. The fraction of sp³-hybridized carbons (Fsp3) is 1.00. The summed E-state index contributed by atoms with van der Waals surface area (Å²) in [5, 5.41) is 3.30. The number of hydrogen-bond donors (Lipinski definition) is 1. The second-order valence-electron chi connectivity index (χ2n) is 2.34. The zero-order chi connectivity index (χ0) is 5.33. The highest BCUT2D eigenvalue weighted by Crippen LogP contribution is 2.24. The molecule has 1 saturated heterocycles. The van der Waals surface area contributed by atoms with E-state index in [0.29, 0.717) is 3.42 Å². The van der Waals surface area contributed by atoms with Crippen LogP contribution in [0.1, 0.15) is 13.3 Å². The topological polar surface area (TPSA) is 12.0 Å². The second-order valence-corrected chi connectivity index (χ2v) is 4.94. The maximum absolute atomic E-state index is 3.30. The molecule has 1 aliphatic rings. The first kappa shape index (κ1) is 5.82. The highest BCUT2D eigenvalue weighted by Gasteiger charge is 2.23. The van der Waals surface area contributed by atoms with Crippen LogP contribution in [0, 0.1) is 0 Å². The SMILES string of the molecule is C[C@]1(I)CCNC1. The first-order valence-electron chi connectivity index (χ1n) is 2.60. The third-order valence-corrected chi connectivity index (χ3v) is 2.24. The van der Waals surface area contributed by atoms with Crippen LogP contribution in [0.15, 0.2) is 0 Å². The molecule has 1 rings (SSSR count). The van der Waals surface area contributed by atoms with E-state index in [1.54, 1.807) is 0 Å². The van der Waals surface area contributed by atoms with Gasteiger partial charge in [0.1, 0.15) is 0 Å². The Morgan fingerprint density at radius 1 is 1.71 bits per heavy atom. The highest BCUT2D eigenvalue weighted by atomic mass is 127. The van der Waals surface area contributed by atoms with E-state index in [1.165, 1.54) is 19.5 Å². The van der Waals surface area contributed by atoms with Gasteiger partial charge in [-0.15, -0.1) is 0 Å². The van der Waals surface area contributed by atoms with Gasteiger partial charge in [0.25, 0.3) is 0 Å². The number of hydrogen-bond acceptors (Lipinski definition) is 1. The van der Waals surface area contributed by atoms with Gasteiger partial charge in [-0.1, -0.05) is 22.6 Å². The summed E-state index contributed by atoms with van der Waals surface area (Å²) in [6, 6.07) is 0. The lowest BCUT2D eigenvalue weighted by atomic mass is 10.2. The van der Waals surface area contributed by atoms with E-state index in [1.807, 2.05) is 0 Å². The normalized spacial score (nSPS) is 42.0. The molecule has 0 saturated carbocycles. The standard InChI is InChI=1S/C5H10IN/c1-5(6)2-3-7-4-5/h7H,2-4H2,1H3/t5-/m0/s1. The van der Waals surface area contributed by atoms with Crippen molar-refractivity contribution >= 4 is 22.6 Å². The molecule has 1 heterocycles. The molecule has 1 atom stereocenters. The summed E-state index contributed by atoms with van der Waals surface area (Å²) in [5.74, 6) is 0. The Morgan fingerprint density at radius 3 is 2.57 bits per heavy atom. The van der Waals surface area contributed by atoms with Crippen molar-refractivity contribution in [2.24, 2.45) is 0 Å². The molecule has 1 N–H and O–H groups in total. The Hall–Kier alpha value is 0.690. The van der Waals surface area contributed by atoms with Gasteiger partial charge in [-0.3, -0.25) is 0 Å².